The fraction of sp³-hybridized carbons (Fsp3) is 0.462. The third-order valence-corrected chi connectivity index (χ3v) is 2.78. The van der Waals surface area contributed by atoms with Crippen LogP contribution in [-0.4, -0.2) is 22.5 Å². The molecule has 0 radical (unpaired) electrons. The number of rotatable bonds is 4. The lowest BCUT2D eigenvalue weighted by Crippen LogP contribution is -2.34. The van der Waals surface area contributed by atoms with Crippen LogP contribution in [0.2, 0.25) is 0 Å². The van der Waals surface area contributed by atoms with E-state index in [9.17, 15) is 14.9 Å². The highest BCUT2D eigenvalue weighted by molar-refractivity contribution is 9.10. The van der Waals surface area contributed by atoms with Crippen LogP contribution >= 0.6 is 15.9 Å². The number of nitro groups is 1. The Hall–Kier alpha value is -1.63. The molecule has 0 amide bonds. The summed E-state index contributed by atoms with van der Waals surface area (Å²) in [5, 5.41) is 13.8. The number of carbonyl (C=O) groups is 1. The van der Waals surface area contributed by atoms with E-state index in [1.807, 2.05) is 0 Å². The maximum Gasteiger partial charge on any atom is 0.328 e. The lowest BCUT2D eigenvalue weighted by atomic mass is 10.2. The Balaban J connectivity index is 2.90. The number of esters is 1. The van der Waals surface area contributed by atoms with Gasteiger partial charge in [0.25, 0.3) is 5.69 Å². The van der Waals surface area contributed by atoms with Gasteiger partial charge in [0.2, 0.25) is 0 Å². The van der Waals surface area contributed by atoms with E-state index in [1.165, 1.54) is 6.07 Å². The van der Waals surface area contributed by atoms with Crippen molar-refractivity contribution in [2.45, 2.75) is 39.3 Å². The molecule has 7 heteroatoms. The molecule has 0 fully saturated rings. The summed E-state index contributed by atoms with van der Waals surface area (Å²) in [5.74, 6) is -0.466. The van der Waals surface area contributed by atoms with Gasteiger partial charge < -0.3 is 10.1 Å². The van der Waals surface area contributed by atoms with Crippen molar-refractivity contribution in [1.82, 2.24) is 0 Å². The van der Waals surface area contributed by atoms with E-state index in [1.54, 1.807) is 39.8 Å². The zero-order chi connectivity index (χ0) is 15.5. The minimum absolute atomic E-state index is 0.0939. The van der Waals surface area contributed by atoms with E-state index in [0.29, 0.717) is 4.47 Å². The Morgan fingerprint density at radius 2 is 2.05 bits per heavy atom. The Kier molecular flexibility index (Phi) is 5.10. The van der Waals surface area contributed by atoms with Crippen LogP contribution in [-0.2, 0) is 9.53 Å². The lowest BCUT2D eigenvalue weighted by molar-refractivity contribution is -0.384. The van der Waals surface area contributed by atoms with E-state index in [2.05, 4.69) is 21.2 Å². The number of nitro benzene ring substituents is 1. The van der Waals surface area contributed by atoms with Crippen LogP contribution in [0.1, 0.15) is 27.7 Å². The van der Waals surface area contributed by atoms with Crippen molar-refractivity contribution in [3.63, 3.8) is 0 Å². The predicted molar refractivity (Wildman–Crippen MR) is 79.7 cm³/mol. The zero-order valence-corrected chi connectivity index (χ0v) is 13.4. The summed E-state index contributed by atoms with van der Waals surface area (Å²) in [4.78, 5) is 22.3. The molecule has 0 spiro atoms. The summed E-state index contributed by atoms with van der Waals surface area (Å²) < 4.78 is 5.90. The Labute approximate surface area is 125 Å². The van der Waals surface area contributed by atoms with Crippen LogP contribution < -0.4 is 5.32 Å². The smallest absolute Gasteiger partial charge is 0.328 e. The van der Waals surface area contributed by atoms with E-state index >= 15 is 0 Å². The first-order valence-corrected chi connectivity index (χ1v) is 6.83. The van der Waals surface area contributed by atoms with Gasteiger partial charge in [0.1, 0.15) is 17.3 Å². The summed E-state index contributed by atoms with van der Waals surface area (Å²) in [6.07, 6.45) is 0. The zero-order valence-electron chi connectivity index (χ0n) is 11.8. The number of carbonyl (C=O) groups excluding carboxylic acids is 1. The van der Waals surface area contributed by atoms with Gasteiger partial charge in [0, 0.05) is 10.5 Å². The van der Waals surface area contributed by atoms with Crippen LogP contribution in [0.15, 0.2) is 22.7 Å². The summed E-state index contributed by atoms with van der Waals surface area (Å²) in [5.41, 5.74) is -0.428. The molecule has 0 aliphatic rings. The molecule has 0 heterocycles. The number of benzene rings is 1. The van der Waals surface area contributed by atoms with Gasteiger partial charge in [-0.15, -0.1) is 0 Å². The molecule has 6 nitrogen and oxygen atoms in total. The Morgan fingerprint density at radius 3 is 2.55 bits per heavy atom. The van der Waals surface area contributed by atoms with Crippen LogP contribution in [0.5, 0.6) is 0 Å². The van der Waals surface area contributed by atoms with Crippen molar-refractivity contribution in [3.8, 4) is 0 Å². The minimum Gasteiger partial charge on any atom is -0.458 e. The third kappa shape index (κ3) is 4.80. The first-order chi connectivity index (χ1) is 9.10. The van der Waals surface area contributed by atoms with Gasteiger partial charge in [-0.25, -0.2) is 4.79 Å². The van der Waals surface area contributed by atoms with Gasteiger partial charge in [0.15, 0.2) is 0 Å². The van der Waals surface area contributed by atoms with E-state index < -0.39 is 22.5 Å². The predicted octanol–water partition coefficient (Wildman–Crippen LogP) is 3.50. The molecule has 0 saturated carbocycles. The molecule has 0 saturated heterocycles. The third-order valence-electron chi connectivity index (χ3n) is 2.29. The molecular weight excluding hydrogens is 328 g/mol. The first kappa shape index (κ1) is 16.4. The standard InChI is InChI=1S/C13H17BrN2O4/c1-8(12(17)20-13(2,3)4)15-10-7-9(14)5-6-11(10)16(18)19/h5-8,15H,1-4H3/t8-/m0/s1. The minimum atomic E-state index is -0.692. The number of nitrogens with zero attached hydrogens (tertiary/aromatic N) is 1. The quantitative estimate of drug-likeness (QED) is 0.513. The van der Waals surface area contributed by atoms with Gasteiger partial charge in [-0.1, -0.05) is 15.9 Å². The number of nitrogens with one attached hydrogen (secondary N) is 1. The largest absolute Gasteiger partial charge is 0.458 e. The highest BCUT2D eigenvalue weighted by Crippen LogP contribution is 2.28. The van der Waals surface area contributed by atoms with Crippen LogP contribution in [0.4, 0.5) is 11.4 Å². The van der Waals surface area contributed by atoms with Gasteiger partial charge in [-0.05, 0) is 39.8 Å². The number of anilines is 1. The molecule has 0 bridgehead atoms. The highest BCUT2D eigenvalue weighted by atomic mass is 79.9. The molecule has 1 aromatic carbocycles. The monoisotopic (exact) mass is 344 g/mol. The highest BCUT2D eigenvalue weighted by Gasteiger charge is 2.24. The van der Waals surface area contributed by atoms with Gasteiger partial charge in [-0.2, -0.15) is 0 Å². The number of ether oxygens (including phenoxy) is 1. The van der Waals surface area contributed by atoms with Crippen LogP contribution in [0.25, 0.3) is 0 Å². The van der Waals surface area contributed by atoms with Crippen molar-refractivity contribution in [1.29, 1.82) is 0 Å². The molecule has 110 valence electrons. The van der Waals surface area contributed by atoms with Crippen molar-refractivity contribution in [2.75, 3.05) is 5.32 Å². The lowest BCUT2D eigenvalue weighted by Gasteiger charge is -2.23. The maximum atomic E-state index is 11.9. The van der Waals surface area contributed by atoms with Crippen molar-refractivity contribution >= 4 is 33.3 Å². The summed E-state index contributed by atoms with van der Waals surface area (Å²) in [6.45, 7) is 6.89. The van der Waals surface area contributed by atoms with Gasteiger partial charge >= 0.3 is 5.97 Å². The second-order valence-corrected chi connectivity index (χ2v) is 6.23. The topological polar surface area (TPSA) is 81.5 Å². The normalized spacial score (nSPS) is 12.7. The molecule has 0 aliphatic carbocycles. The van der Waals surface area contributed by atoms with E-state index in [4.69, 9.17) is 4.74 Å². The first-order valence-electron chi connectivity index (χ1n) is 6.03. The molecule has 1 N–H and O–H groups in total. The number of hydrogen-bond acceptors (Lipinski definition) is 5. The molecule has 1 rings (SSSR count). The average molecular weight is 345 g/mol. The Morgan fingerprint density at radius 1 is 1.45 bits per heavy atom. The second kappa shape index (κ2) is 6.21. The summed E-state index contributed by atoms with van der Waals surface area (Å²) in [6, 6.07) is 3.80. The molecule has 0 unspecified atom stereocenters. The summed E-state index contributed by atoms with van der Waals surface area (Å²) in [7, 11) is 0. The molecule has 0 aromatic heterocycles. The fourth-order valence-electron chi connectivity index (χ4n) is 1.47. The van der Waals surface area contributed by atoms with E-state index in [0.717, 1.165) is 0 Å². The molecule has 1 aromatic rings. The van der Waals surface area contributed by atoms with E-state index in [-0.39, 0.29) is 11.4 Å². The molecule has 20 heavy (non-hydrogen) atoms. The molecular formula is C13H17BrN2O4. The Bertz CT molecular complexity index is 526. The van der Waals surface area contributed by atoms with Gasteiger partial charge in [-0.3, -0.25) is 10.1 Å². The van der Waals surface area contributed by atoms with Crippen molar-refractivity contribution in [2.24, 2.45) is 0 Å². The second-order valence-electron chi connectivity index (χ2n) is 5.32. The average Bonchev–Trinajstić information content (AvgIpc) is 2.26. The maximum absolute atomic E-state index is 11.9. The SMILES string of the molecule is C[C@H](Nc1cc(Br)ccc1[N+](=O)[O-])C(=O)OC(C)(C)C. The van der Waals surface area contributed by atoms with Gasteiger partial charge in [0.05, 0.1) is 4.92 Å². The van der Waals surface area contributed by atoms with Crippen molar-refractivity contribution < 1.29 is 14.5 Å². The molecule has 0 aliphatic heterocycles. The number of hydrogen-bond donors (Lipinski definition) is 1. The molecule has 1 atom stereocenters. The van der Waals surface area contributed by atoms with Crippen LogP contribution in [0.3, 0.4) is 0 Å². The number of halogens is 1. The fourth-order valence-corrected chi connectivity index (χ4v) is 1.83. The van der Waals surface area contributed by atoms with Crippen molar-refractivity contribution in [3.05, 3.63) is 32.8 Å². The van der Waals surface area contributed by atoms with Crippen LogP contribution in [0, 0.1) is 10.1 Å². The summed E-state index contributed by atoms with van der Waals surface area (Å²) >= 11 is 3.24.